The number of fused-ring (bicyclic) bond motifs is 8. The SMILES string of the molecule is c1ccc(-c2nc(-c3ccccc3)nc(-c3cccc4cc(-c5cccc6c5ccc5ccc7ccc8oc(-c9ccccc9)nc8c7c56)ccc34)n2)cc1. The Labute approximate surface area is 316 Å². The summed E-state index contributed by atoms with van der Waals surface area (Å²) in [7, 11) is 0. The van der Waals surface area contributed by atoms with Crippen LogP contribution in [0.5, 0.6) is 0 Å². The number of rotatable bonds is 5. The number of nitrogens with zero attached hydrogens (tertiary/aromatic N) is 4. The Balaban J connectivity index is 1.07. The summed E-state index contributed by atoms with van der Waals surface area (Å²) in [5.74, 6) is 2.56. The second-order valence-corrected chi connectivity index (χ2v) is 13.8. The minimum Gasteiger partial charge on any atom is -0.436 e. The van der Waals surface area contributed by atoms with Gasteiger partial charge in [-0.1, -0.05) is 158 Å². The Morgan fingerprint density at radius 2 is 0.909 bits per heavy atom. The molecule has 0 radical (unpaired) electrons. The van der Waals surface area contributed by atoms with Gasteiger partial charge in [-0.2, -0.15) is 0 Å². The molecule has 256 valence electrons. The fraction of sp³-hybridized carbons (Fsp3) is 0. The van der Waals surface area contributed by atoms with Gasteiger partial charge in [0.2, 0.25) is 5.89 Å². The first kappa shape index (κ1) is 31.1. The zero-order valence-corrected chi connectivity index (χ0v) is 29.5. The molecule has 0 aliphatic heterocycles. The van der Waals surface area contributed by atoms with Gasteiger partial charge in [-0.25, -0.2) is 19.9 Å². The van der Waals surface area contributed by atoms with Crippen molar-refractivity contribution >= 4 is 54.2 Å². The van der Waals surface area contributed by atoms with E-state index in [0.29, 0.717) is 23.4 Å². The molecular formula is C50H30N4O. The highest BCUT2D eigenvalue weighted by Gasteiger charge is 2.18. The molecule has 0 spiro atoms. The Bertz CT molecular complexity index is 3190. The summed E-state index contributed by atoms with van der Waals surface area (Å²) in [4.78, 5) is 20.0. The van der Waals surface area contributed by atoms with Crippen LogP contribution in [0.1, 0.15) is 0 Å². The molecule has 0 aliphatic rings. The van der Waals surface area contributed by atoms with E-state index in [4.69, 9.17) is 24.4 Å². The molecule has 11 rings (SSSR count). The number of hydrogen-bond acceptors (Lipinski definition) is 5. The van der Waals surface area contributed by atoms with E-state index in [1.54, 1.807) is 0 Å². The molecule has 2 aromatic heterocycles. The molecule has 0 atom stereocenters. The number of oxazole rings is 1. The normalized spacial score (nSPS) is 11.6. The van der Waals surface area contributed by atoms with Crippen LogP contribution in [0.15, 0.2) is 186 Å². The first-order valence-corrected chi connectivity index (χ1v) is 18.4. The fourth-order valence-electron chi connectivity index (χ4n) is 7.91. The quantitative estimate of drug-likeness (QED) is 0.167. The van der Waals surface area contributed by atoms with Gasteiger partial charge in [-0.3, -0.25) is 0 Å². The van der Waals surface area contributed by atoms with Gasteiger partial charge in [-0.15, -0.1) is 0 Å². The zero-order valence-electron chi connectivity index (χ0n) is 29.5. The summed E-state index contributed by atoms with van der Waals surface area (Å²) in [6.45, 7) is 0. The molecule has 0 unspecified atom stereocenters. The second-order valence-electron chi connectivity index (χ2n) is 13.8. The molecule has 0 N–H and O–H groups in total. The average molecular weight is 703 g/mol. The van der Waals surface area contributed by atoms with Crippen LogP contribution in [0.4, 0.5) is 0 Å². The van der Waals surface area contributed by atoms with Crippen LogP contribution >= 0.6 is 0 Å². The standard InChI is InChI=1S/C50H30N4O/c1-4-12-33(13-5-1)47-52-48(34-14-6-2-7-15-34)54-49(53-47)42-21-10-18-36-30-37(25-27-39(36)42)38-19-11-20-41-40(38)28-24-31-22-23-32-26-29-43-46(45(32)44(31)41)51-50(55-43)35-16-8-3-9-17-35/h1-30H. The third-order valence-corrected chi connectivity index (χ3v) is 10.5. The molecule has 0 bridgehead atoms. The van der Waals surface area contributed by atoms with Gasteiger partial charge in [0.25, 0.3) is 0 Å². The van der Waals surface area contributed by atoms with E-state index in [9.17, 15) is 0 Å². The average Bonchev–Trinajstić information content (AvgIpc) is 3.71. The molecule has 0 aliphatic carbocycles. The van der Waals surface area contributed by atoms with E-state index in [0.717, 1.165) is 60.5 Å². The molecule has 0 amide bonds. The monoisotopic (exact) mass is 702 g/mol. The first-order valence-electron chi connectivity index (χ1n) is 18.4. The molecule has 5 heteroatoms. The van der Waals surface area contributed by atoms with Crippen molar-refractivity contribution in [1.29, 1.82) is 0 Å². The fourth-order valence-corrected chi connectivity index (χ4v) is 7.91. The minimum atomic E-state index is 0.626. The van der Waals surface area contributed by atoms with Gasteiger partial charge < -0.3 is 4.42 Å². The van der Waals surface area contributed by atoms with Crippen LogP contribution in [0, 0.1) is 0 Å². The maximum atomic E-state index is 6.33. The van der Waals surface area contributed by atoms with E-state index in [2.05, 4.69) is 84.9 Å². The number of hydrogen-bond donors (Lipinski definition) is 0. The van der Waals surface area contributed by atoms with Crippen molar-refractivity contribution in [3.8, 4) is 56.7 Å². The van der Waals surface area contributed by atoms with Crippen molar-refractivity contribution in [3.05, 3.63) is 182 Å². The zero-order chi connectivity index (χ0) is 36.3. The van der Waals surface area contributed by atoms with Crippen molar-refractivity contribution in [1.82, 2.24) is 19.9 Å². The smallest absolute Gasteiger partial charge is 0.227 e. The summed E-state index contributed by atoms with van der Waals surface area (Å²) in [6.07, 6.45) is 0. The van der Waals surface area contributed by atoms with Crippen molar-refractivity contribution < 1.29 is 4.42 Å². The van der Waals surface area contributed by atoms with Gasteiger partial charge in [0.15, 0.2) is 23.1 Å². The van der Waals surface area contributed by atoms with E-state index >= 15 is 0 Å². The predicted molar refractivity (Wildman–Crippen MR) is 225 cm³/mol. The van der Waals surface area contributed by atoms with Gasteiger partial charge in [-0.05, 0) is 73.1 Å². The van der Waals surface area contributed by atoms with Gasteiger partial charge in [0.05, 0.1) is 0 Å². The maximum absolute atomic E-state index is 6.33. The van der Waals surface area contributed by atoms with E-state index in [-0.39, 0.29) is 0 Å². The Kier molecular flexibility index (Phi) is 7.10. The lowest BCUT2D eigenvalue weighted by Gasteiger charge is -2.13. The lowest BCUT2D eigenvalue weighted by molar-refractivity contribution is 0.620. The summed E-state index contributed by atoms with van der Waals surface area (Å²) in [6, 6.07) is 63.0. The summed E-state index contributed by atoms with van der Waals surface area (Å²) in [5.41, 5.74) is 7.78. The molecule has 11 aromatic rings. The topological polar surface area (TPSA) is 64.7 Å². The van der Waals surface area contributed by atoms with Crippen molar-refractivity contribution in [2.75, 3.05) is 0 Å². The highest BCUT2D eigenvalue weighted by Crippen LogP contribution is 2.41. The van der Waals surface area contributed by atoms with Gasteiger partial charge in [0.1, 0.15) is 5.52 Å². The van der Waals surface area contributed by atoms with Crippen LogP contribution in [0.3, 0.4) is 0 Å². The molecule has 9 aromatic carbocycles. The number of benzene rings is 9. The molecule has 5 nitrogen and oxygen atoms in total. The van der Waals surface area contributed by atoms with Crippen LogP contribution < -0.4 is 0 Å². The van der Waals surface area contributed by atoms with Crippen LogP contribution in [0.2, 0.25) is 0 Å². The third-order valence-electron chi connectivity index (χ3n) is 10.5. The largest absolute Gasteiger partial charge is 0.436 e. The Hall–Kier alpha value is -7.50. The van der Waals surface area contributed by atoms with Gasteiger partial charge in [0, 0.05) is 27.6 Å². The maximum Gasteiger partial charge on any atom is 0.227 e. The highest BCUT2D eigenvalue weighted by molar-refractivity contribution is 6.27. The van der Waals surface area contributed by atoms with E-state index < -0.39 is 0 Å². The van der Waals surface area contributed by atoms with Gasteiger partial charge >= 0.3 is 0 Å². The summed E-state index contributed by atoms with van der Waals surface area (Å²) < 4.78 is 6.33. The summed E-state index contributed by atoms with van der Waals surface area (Å²) in [5, 5.41) is 9.13. The Morgan fingerprint density at radius 3 is 1.64 bits per heavy atom. The third kappa shape index (κ3) is 5.24. The molecule has 0 fully saturated rings. The van der Waals surface area contributed by atoms with E-state index in [1.807, 2.05) is 97.1 Å². The molecule has 55 heavy (non-hydrogen) atoms. The van der Waals surface area contributed by atoms with Crippen molar-refractivity contribution in [2.24, 2.45) is 0 Å². The molecule has 2 heterocycles. The minimum absolute atomic E-state index is 0.626. The number of aromatic nitrogens is 4. The highest BCUT2D eigenvalue weighted by atomic mass is 16.3. The van der Waals surface area contributed by atoms with E-state index in [1.165, 1.54) is 27.1 Å². The van der Waals surface area contributed by atoms with Crippen LogP contribution in [-0.4, -0.2) is 19.9 Å². The van der Waals surface area contributed by atoms with Crippen LogP contribution in [0.25, 0.3) is 111 Å². The lowest BCUT2D eigenvalue weighted by atomic mass is 9.91. The second kappa shape index (κ2) is 12.6. The molecule has 0 saturated carbocycles. The van der Waals surface area contributed by atoms with Crippen molar-refractivity contribution in [2.45, 2.75) is 0 Å². The molecule has 0 saturated heterocycles. The summed E-state index contributed by atoms with van der Waals surface area (Å²) >= 11 is 0. The predicted octanol–water partition coefficient (Wildman–Crippen LogP) is 13.0. The Morgan fingerprint density at radius 1 is 0.327 bits per heavy atom. The lowest BCUT2D eigenvalue weighted by Crippen LogP contribution is -2.00. The van der Waals surface area contributed by atoms with Crippen molar-refractivity contribution in [3.63, 3.8) is 0 Å². The van der Waals surface area contributed by atoms with Crippen LogP contribution in [-0.2, 0) is 0 Å². The molecular weight excluding hydrogens is 673 g/mol. The first-order chi connectivity index (χ1) is 27.2.